The number of nitrogens with one attached hydrogen (secondary N) is 2. The second-order valence-electron chi connectivity index (χ2n) is 8.51. The maximum atomic E-state index is 12.8. The van der Waals surface area contributed by atoms with Crippen molar-refractivity contribution < 1.29 is 23.9 Å². The number of methoxy groups -OCH3 is 1. The largest absolute Gasteiger partial charge is 0.444 e. The third-order valence-electron chi connectivity index (χ3n) is 4.84. The predicted octanol–water partition coefficient (Wildman–Crippen LogP) is 3.44. The summed E-state index contributed by atoms with van der Waals surface area (Å²) in [5.41, 5.74) is 1.10. The van der Waals surface area contributed by atoms with Gasteiger partial charge in [-0.1, -0.05) is 24.6 Å². The molecule has 1 aromatic carbocycles. The van der Waals surface area contributed by atoms with E-state index < -0.39 is 17.7 Å². The Kier molecular flexibility index (Phi) is 8.21. The fraction of sp³-hybridized carbons (Fsp3) is 0.522. The van der Waals surface area contributed by atoms with Crippen LogP contribution in [0.25, 0.3) is 0 Å². The zero-order valence-electron chi connectivity index (χ0n) is 19.2. The van der Waals surface area contributed by atoms with E-state index in [1.165, 1.54) is 4.90 Å². The lowest BCUT2D eigenvalue weighted by Crippen LogP contribution is -2.47. The highest BCUT2D eigenvalue weighted by Crippen LogP contribution is 2.23. The van der Waals surface area contributed by atoms with Crippen LogP contribution >= 0.6 is 0 Å². The molecule has 2 N–H and O–H groups in total. The number of amides is 3. The van der Waals surface area contributed by atoms with Crippen molar-refractivity contribution in [1.29, 1.82) is 0 Å². The summed E-state index contributed by atoms with van der Waals surface area (Å²) >= 11 is 0. The van der Waals surface area contributed by atoms with Crippen molar-refractivity contribution in [3.63, 3.8) is 0 Å². The molecule has 8 heteroatoms. The molecule has 1 aliphatic heterocycles. The Morgan fingerprint density at radius 1 is 1.16 bits per heavy atom. The van der Waals surface area contributed by atoms with Gasteiger partial charge in [-0.3, -0.25) is 14.5 Å². The third-order valence-corrected chi connectivity index (χ3v) is 4.84. The van der Waals surface area contributed by atoms with Crippen molar-refractivity contribution in [3.05, 3.63) is 47.2 Å². The van der Waals surface area contributed by atoms with Crippen molar-refractivity contribution in [2.75, 3.05) is 13.7 Å². The topological polar surface area (TPSA) is 97.0 Å². The van der Waals surface area contributed by atoms with E-state index in [0.717, 1.165) is 12.0 Å². The van der Waals surface area contributed by atoms with Crippen molar-refractivity contribution >= 4 is 17.9 Å². The molecule has 0 fully saturated rings. The highest BCUT2D eigenvalue weighted by molar-refractivity contribution is 6.21. The number of fused-ring (bicyclic) bond motifs is 1. The summed E-state index contributed by atoms with van der Waals surface area (Å²) in [4.78, 5) is 39.2. The van der Waals surface area contributed by atoms with E-state index in [0.29, 0.717) is 17.5 Å². The molecule has 0 aliphatic carbocycles. The zero-order valence-corrected chi connectivity index (χ0v) is 19.2. The Morgan fingerprint density at radius 3 is 2.23 bits per heavy atom. The van der Waals surface area contributed by atoms with Gasteiger partial charge in [-0.25, -0.2) is 4.79 Å². The van der Waals surface area contributed by atoms with Gasteiger partial charge >= 0.3 is 6.09 Å². The quantitative estimate of drug-likeness (QED) is 0.459. The highest BCUT2D eigenvalue weighted by Gasteiger charge is 2.37. The van der Waals surface area contributed by atoms with Crippen molar-refractivity contribution in [3.8, 4) is 0 Å². The van der Waals surface area contributed by atoms with Crippen LogP contribution in [0.2, 0.25) is 0 Å². The lowest BCUT2D eigenvalue weighted by Gasteiger charge is -2.27. The second kappa shape index (κ2) is 10.4. The van der Waals surface area contributed by atoms with Crippen LogP contribution in [-0.4, -0.2) is 54.3 Å². The molecule has 170 valence electrons. The first-order chi connectivity index (χ1) is 14.6. The van der Waals surface area contributed by atoms with Crippen molar-refractivity contribution in [2.45, 2.75) is 65.3 Å². The summed E-state index contributed by atoms with van der Waals surface area (Å²) in [6.45, 7) is 9.25. The molecule has 1 unspecified atom stereocenters. The fourth-order valence-electron chi connectivity index (χ4n) is 3.19. The summed E-state index contributed by atoms with van der Waals surface area (Å²) in [5, 5.41) is 5.96. The number of benzene rings is 1. The lowest BCUT2D eigenvalue weighted by molar-refractivity contribution is 0.0467. The van der Waals surface area contributed by atoms with Crippen LogP contribution in [0.3, 0.4) is 0 Å². The van der Waals surface area contributed by atoms with E-state index in [-0.39, 0.29) is 24.6 Å². The molecule has 2 rings (SSSR count). The molecule has 8 nitrogen and oxygen atoms in total. The number of rotatable bonds is 9. The van der Waals surface area contributed by atoms with Gasteiger partial charge in [0.15, 0.2) is 0 Å². The van der Waals surface area contributed by atoms with Gasteiger partial charge < -0.3 is 20.1 Å². The summed E-state index contributed by atoms with van der Waals surface area (Å²) in [6.07, 6.45) is 2.24. The van der Waals surface area contributed by atoms with Gasteiger partial charge in [-0.05, 0) is 58.9 Å². The normalized spacial score (nSPS) is 16.1. The summed E-state index contributed by atoms with van der Waals surface area (Å²) in [6, 6.07) is 6.22. The Hall–Kier alpha value is -2.87. The number of carbonyl (C=O) groups is 3. The third kappa shape index (κ3) is 6.82. The minimum atomic E-state index is -0.664. The van der Waals surface area contributed by atoms with E-state index in [1.807, 2.05) is 20.0 Å². The molecule has 0 radical (unpaired) electrons. The van der Waals surface area contributed by atoms with Crippen LogP contribution in [0.1, 0.15) is 68.2 Å². The number of hydrogen-bond acceptors (Lipinski definition) is 6. The van der Waals surface area contributed by atoms with E-state index in [4.69, 9.17) is 9.47 Å². The molecule has 0 saturated heterocycles. The Bertz CT molecular complexity index is 809. The molecule has 0 spiro atoms. The maximum Gasteiger partial charge on any atom is 0.407 e. The molecule has 0 saturated carbocycles. The Morgan fingerprint density at radius 2 is 1.74 bits per heavy atom. The van der Waals surface area contributed by atoms with Crippen LogP contribution in [0.15, 0.2) is 36.0 Å². The van der Waals surface area contributed by atoms with E-state index in [9.17, 15) is 14.4 Å². The Balaban J connectivity index is 2.20. The van der Waals surface area contributed by atoms with Gasteiger partial charge in [0, 0.05) is 13.7 Å². The first-order valence-electron chi connectivity index (χ1n) is 10.5. The lowest BCUT2D eigenvalue weighted by atomic mass is 10.0. The SMILES string of the molecule is CC/C(=C\NC(C)OC)C[C@@H](CN1C(=O)c2ccccc2C1=O)NC(=O)OC(C)(C)C. The van der Waals surface area contributed by atoms with Gasteiger partial charge in [0.05, 0.1) is 17.2 Å². The van der Waals surface area contributed by atoms with Crippen LogP contribution < -0.4 is 10.6 Å². The number of hydrogen-bond donors (Lipinski definition) is 2. The smallest absolute Gasteiger partial charge is 0.407 e. The molecular weight excluding hydrogens is 398 g/mol. The minimum Gasteiger partial charge on any atom is -0.444 e. The monoisotopic (exact) mass is 431 g/mol. The van der Waals surface area contributed by atoms with Gasteiger partial charge in [0.25, 0.3) is 11.8 Å². The van der Waals surface area contributed by atoms with E-state index >= 15 is 0 Å². The maximum absolute atomic E-state index is 12.8. The van der Waals surface area contributed by atoms with Gasteiger partial charge in [0.1, 0.15) is 11.8 Å². The summed E-state index contributed by atoms with van der Waals surface area (Å²) in [5.74, 6) is -0.713. The molecule has 1 aliphatic rings. The molecule has 2 atom stereocenters. The zero-order chi connectivity index (χ0) is 23.2. The number of imide groups is 1. The van der Waals surface area contributed by atoms with Crippen LogP contribution in [0.4, 0.5) is 4.79 Å². The molecule has 1 heterocycles. The number of nitrogens with zero attached hydrogens (tertiary/aromatic N) is 1. The van der Waals surface area contributed by atoms with Crippen molar-refractivity contribution in [2.24, 2.45) is 0 Å². The summed E-state index contributed by atoms with van der Waals surface area (Å²) < 4.78 is 10.6. The molecule has 1 aromatic rings. The first kappa shape index (κ1) is 24.4. The predicted molar refractivity (Wildman–Crippen MR) is 118 cm³/mol. The van der Waals surface area contributed by atoms with Gasteiger partial charge in [-0.2, -0.15) is 0 Å². The molecule has 3 amide bonds. The van der Waals surface area contributed by atoms with E-state index in [2.05, 4.69) is 10.6 Å². The average Bonchev–Trinajstić information content (AvgIpc) is 2.94. The number of carbonyl (C=O) groups excluding carboxylic acids is 3. The standard InChI is InChI=1S/C23H33N3O5/c1-7-16(13-24-15(2)30-6)12-17(25-22(29)31-23(3,4)5)14-26-20(27)18-10-8-9-11-19(18)21(26)28/h8-11,13,15,17,24H,7,12,14H2,1-6H3,(H,25,29)/b16-13+/t15?,17-/m0/s1. The van der Waals surface area contributed by atoms with Gasteiger partial charge in [-0.15, -0.1) is 0 Å². The molecule has 0 aromatic heterocycles. The van der Waals surface area contributed by atoms with E-state index in [1.54, 1.807) is 52.1 Å². The molecule has 0 bridgehead atoms. The van der Waals surface area contributed by atoms with Gasteiger partial charge in [0.2, 0.25) is 0 Å². The Labute approximate surface area is 184 Å². The number of alkyl carbamates (subject to hydrolysis) is 1. The fourth-order valence-corrected chi connectivity index (χ4v) is 3.19. The second-order valence-corrected chi connectivity index (χ2v) is 8.51. The minimum absolute atomic E-state index is 0.0444. The van der Waals surface area contributed by atoms with Crippen LogP contribution in [0, 0.1) is 0 Å². The molecule has 31 heavy (non-hydrogen) atoms. The number of ether oxygens (including phenoxy) is 2. The summed E-state index contributed by atoms with van der Waals surface area (Å²) in [7, 11) is 1.60. The van der Waals surface area contributed by atoms with Crippen molar-refractivity contribution in [1.82, 2.24) is 15.5 Å². The van der Waals surface area contributed by atoms with Crippen LogP contribution in [-0.2, 0) is 9.47 Å². The highest BCUT2D eigenvalue weighted by atomic mass is 16.6. The molecular formula is C23H33N3O5. The van der Waals surface area contributed by atoms with Crippen LogP contribution in [0.5, 0.6) is 0 Å². The first-order valence-corrected chi connectivity index (χ1v) is 10.5. The average molecular weight is 432 g/mol.